The number of methoxy groups -OCH3 is 1. The summed E-state index contributed by atoms with van der Waals surface area (Å²) in [6, 6.07) is 8.70. The van der Waals surface area contributed by atoms with Gasteiger partial charge in [0.15, 0.2) is 0 Å². The zero-order valence-electron chi connectivity index (χ0n) is 20.8. The predicted octanol–water partition coefficient (Wildman–Crippen LogP) is 5.86. The van der Waals surface area contributed by atoms with Gasteiger partial charge in [0.05, 0.1) is 13.4 Å². The first kappa shape index (κ1) is 23.1. The summed E-state index contributed by atoms with van der Waals surface area (Å²) in [5.74, 6) is 1.10. The predicted molar refractivity (Wildman–Crippen MR) is 132 cm³/mol. The molecule has 0 spiro atoms. The Bertz CT molecular complexity index is 1430. The fraction of sp³-hybridized carbons (Fsp3) is 0.448. The maximum absolute atomic E-state index is 13.2. The van der Waals surface area contributed by atoms with E-state index in [1.807, 2.05) is 13.0 Å². The van der Waals surface area contributed by atoms with Crippen LogP contribution in [0.15, 0.2) is 61.9 Å². The summed E-state index contributed by atoms with van der Waals surface area (Å²) in [6.45, 7) is 4.77. The number of rotatable bonds is 4. The maximum atomic E-state index is 13.2. The zero-order valence-corrected chi connectivity index (χ0v) is 20.8. The molecule has 0 unspecified atom stereocenters. The number of fused-ring (bicyclic) bond motifs is 2. The highest BCUT2D eigenvalue weighted by Crippen LogP contribution is 2.67. The van der Waals surface area contributed by atoms with Gasteiger partial charge >= 0.3 is 11.6 Å². The largest absolute Gasteiger partial charge is 0.497 e. The summed E-state index contributed by atoms with van der Waals surface area (Å²) in [5, 5.41) is 0.624. The van der Waals surface area contributed by atoms with Crippen LogP contribution in [-0.2, 0) is 15.1 Å². The van der Waals surface area contributed by atoms with E-state index < -0.39 is 23.3 Å². The van der Waals surface area contributed by atoms with Gasteiger partial charge < -0.3 is 23.0 Å². The van der Waals surface area contributed by atoms with Gasteiger partial charge in [-0.2, -0.15) is 0 Å². The molecule has 1 saturated heterocycles. The Morgan fingerprint density at radius 2 is 2.06 bits per heavy atom. The van der Waals surface area contributed by atoms with E-state index in [4.69, 9.17) is 23.0 Å². The summed E-state index contributed by atoms with van der Waals surface area (Å²) in [4.78, 5) is 25.9. The zero-order chi connectivity index (χ0) is 25.1. The smallest absolute Gasteiger partial charge is 0.351 e. The van der Waals surface area contributed by atoms with E-state index in [2.05, 4.69) is 13.0 Å². The van der Waals surface area contributed by atoms with Crippen LogP contribution in [0.1, 0.15) is 73.6 Å². The lowest BCUT2D eigenvalue weighted by Gasteiger charge is -2.51. The van der Waals surface area contributed by atoms with Gasteiger partial charge in [-0.1, -0.05) is 19.4 Å². The third-order valence-corrected chi connectivity index (χ3v) is 8.40. The fourth-order valence-corrected chi connectivity index (χ4v) is 6.88. The maximum Gasteiger partial charge on any atom is 0.351 e. The summed E-state index contributed by atoms with van der Waals surface area (Å²) >= 11 is 0. The van der Waals surface area contributed by atoms with Crippen LogP contribution in [0.25, 0.3) is 11.0 Å². The molecule has 0 saturated carbocycles. The molecule has 6 rings (SSSR count). The monoisotopic (exact) mass is 490 g/mol. The van der Waals surface area contributed by atoms with Gasteiger partial charge in [0, 0.05) is 35.0 Å². The highest BCUT2D eigenvalue weighted by molar-refractivity contribution is 5.93. The average molecular weight is 491 g/mol. The molecule has 1 aromatic carbocycles. The molecule has 0 amide bonds. The number of hydrogen-bond acceptors (Lipinski definition) is 7. The molecular formula is C29H30O7. The van der Waals surface area contributed by atoms with Crippen LogP contribution in [0.5, 0.6) is 5.75 Å². The van der Waals surface area contributed by atoms with Crippen molar-refractivity contribution in [2.75, 3.05) is 13.7 Å². The Kier molecular flexibility index (Phi) is 5.37. The van der Waals surface area contributed by atoms with E-state index in [0.29, 0.717) is 29.7 Å². The standard InChI is InChI=1S/C29H30O7/c1-17-16-28-10-4-5-12-34-29(28,23-9-13-33-25(17)23)11-8-22(28)18(2)35-26(30)21-14-19-6-7-20(32-3)15-24(19)36-27(21)31/h6-9,13-15,17-18H,4-5,10-12,16H2,1-3H3/t17-,18-,28-,29+/m1/s1. The van der Waals surface area contributed by atoms with Crippen molar-refractivity contribution in [2.45, 2.75) is 63.6 Å². The molecule has 0 radical (unpaired) electrons. The van der Waals surface area contributed by atoms with E-state index in [0.717, 1.165) is 42.6 Å². The quantitative estimate of drug-likeness (QED) is 0.257. The number of carbonyl (C=O) groups is 1. The number of carbonyl (C=O) groups excluding carboxylic acids is 1. The lowest BCUT2D eigenvalue weighted by atomic mass is 9.56. The van der Waals surface area contributed by atoms with E-state index in [9.17, 15) is 9.59 Å². The van der Waals surface area contributed by atoms with Gasteiger partial charge in [0.2, 0.25) is 0 Å². The average Bonchev–Trinajstić information content (AvgIpc) is 3.43. The van der Waals surface area contributed by atoms with Gasteiger partial charge in [-0.3, -0.25) is 0 Å². The lowest BCUT2D eigenvalue weighted by molar-refractivity contribution is -0.126. The van der Waals surface area contributed by atoms with Gasteiger partial charge in [-0.15, -0.1) is 0 Å². The van der Waals surface area contributed by atoms with Gasteiger partial charge in [-0.25, -0.2) is 9.59 Å². The van der Waals surface area contributed by atoms with Crippen LogP contribution in [0, 0.1) is 5.41 Å². The number of esters is 1. The Morgan fingerprint density at radius 3 is 2.89 bits per heavy atom. The Morgan fingerprint density at radius 1 is 1.19 bits per heavy atom. The minimum atomic E-state index is -0.729. The molecule has 3 heterocycles. The normalized spacial score (nSPS) is 27.9. The van der Waals surface area contributed by atoms with Gasteiger partial charge in [0.1, 0.15) is 34.4 Å². The van der Waals surface area contributed by atoms with Crippen LogP contribution >= 0.6 is 0 Å². The van der Waals surface area contributed by atoms with E-state index >= 15 is 0 Å². The fourth-order valence-electron chi connectivity index (χ4n) is 6.88. The molecule has 7 nitrogen and oxygen atoms in total. The third kappa shape index (κ3) is 3.22. The molecular weight excluding hydrogens is 460 g/mol. The first-order chi connectivity index (χ1) is 17.4. The molecule has 1 aliphatic heterocycles. The van der Waals surface area contributed by atoms with E-state index in [-0.39, 0.29) is 16.9 Å². The second-order valence-corrected chi connectivity index (χ2v) is 10.3. The van der Waals surface area contributed by atoms with Gasteiger partial charge in [-0.05, 0) is 62.4 Å². The number of ether oxygens (including phenoxy) is 3. The second kappa shape index (κ2) is 8.37. The van der Waals surface area contributed by atoms with Crippen LogP contribution in [-0.4, -0.2) is 25.8 Å². The van der Waals surface area contributed by atoms with Crippen molar-refractivity contribution in [2.24, 2.45) is 5.41 Å². The first-order valence-electron chi connectivity index (χ1n) is 12.6. The molecule has 2 aromatic heterocycles. The molecule has 3 aliphatic rings. The van der Waals surface area contributed by atoms with E-state index in [1.54, 1.807) is 24.5 Å². The summed E-state index contributed by atoms with van der Waals surface area (Å²) in [7, 11) is 1.54. The second-order valence-electron chi connectivity index (χ2n) is 10.3. The SMILES string of the molecule is COc1ccc2cc(C(=O)O[C@H](C)C3=CC[C@@]45OCCCC[C@@]34C[C@@H](C)c3occc35)c(=O)oc2c1. The first-order valence-corrected chi connectivity index (χ1v) is 12.6. The number of furan rings is 1. The molecule has 2 aliphatic carbocycles. The molecule has 3 aromatic rings. The molecule has 7 heteroatoms. The summed E-state index contributed by atoms with van der Waals surface area (Å²) in [6.07, 6.45) is 7.99. The Balaban J connectivity index is 1.33. The van der Waals surface area contributed by atoms with Crippen LogP contribution in [0.4, 0.5) is 0 Å². The van der Waals surface area contributed by atoms with Crippen molar-refractivity contribution in [3.63, 3.8) is 0 Å². The molecule has 1 fully saturated rings. The van der Waals surface area contributed by atoms with Crippen LogP contribution in [0.2, 0.25) is 0 Å². The molecule has 4 atom stereocenters. The number of hydrogen-bond donors (Lipinski definition) is 0. The van der Waals surface area contributed by atoms with E-state index in [1.165, 1.54) is 13.2 Å². The summed E-state index contributed by atoms with van der Waals surface area (Å²) < 4.78 is 29.1. The molecule has 36 heavy (non-hydrogen) atoms. The Labute approximate surface area is 209 Å². The summed E-state index contributed by atoms with van der Waals surface area (Å²) in [5.41, 5.74) is 0.916. The lowest BCUT2D eigenvalue weighted by Crippen LogP contribution is -2.50. The molecule has 0 N–H and O–H groups in total. The van der Waals surface area contributed by atoms with Crippen LogP contribution < -0.4 is 10.4 Å². The van der Waals surface area contributed by atoms with Crippen molar-refractivity contribution < 1.29 is 27.8 Å². The minimum absolute atomic E-state index is 0.117. The van der Waals surface area contributed by atoms with Crippen molar-refractivity contribution >= 4 is 16.9 Å². The van der Waals surface area contributed by atoms with Crippen LogP contribution in [0.3, 0.4) is 0 Å². The highest BCUT2D eigenvalue weighted by Gasteiger charge is 2.64. The Hall–Kier alpha value is -3.32. The van der Waals surface area contributed by atoms with Crippen molar-refractivity contribution in [3.05, 3.63) is 75.6 Å². The van der Waals surface area contributed by atoms with Crippen molar-refractivity contribution in [1.82, 2.24) is 0 Å². The number of benzene rings is 1. The molecule has 188 valence electrons. The minimum Gasteiger partial charge on any atom is -0.497 e. The molecule has 0 bridgehead atoms. The topological polar surface area (TPSA) is 88.1 Å². The van der Waals surface area contributed by atoms with Gasteiger partial charge in [0.25, 0.3) is 0 Å². The van der Waals surface area contributed by atoms with Crippen molar-refractivity contribution in [3.8, 4) is 5.75 Å². The van der Waals surface area contributed by atoms with Crippen molar-refractivity contribution in [1.29, 1.82) is 0 Å². The highest BCUT2D eigenvalue weighted by atomic mass is 16.5. The third-order valence-electron chi connectivity index (χ3n) is 8.40.